The van der Waals surface area contributed by atoms with Gasteiger partial charge in [-0.3, -0.25) is 4.79 Å². The molecule has 33 heavy (non-hydrogen) atoms. The van der Waals surface area contributed by atoms with Crippen molar-refractivity contribution in [2.45, 2.75) is 6.92 Å². The number of fused-ring (bicyclic) bond motifs is 1. The maximum atomic E-state index is 13.1. The molecular formula is C25H17N5O2S. The normalized spacial score (nSPS) is 12.1. The molecule has 0 saturated carbocycles. The van der Waals surface area contributed by atoms with Gasteiger partial charge in [0.15, 0.2) is 5.76 Å². The van der Waals surface area contributed by atoms with Crippen LogP contribution in [0.2, 0.25) is 0 Å². The van der Waals surface area contributed by atoms with Gasteiger partial charge in [-0.05, 0) is 37.3 Å². The van der Waals surface area contributed by atoms with Crippen LogP contribution in [0.5, 0.6) is 0 Å². The molecule has 8 heteroatoms. The molecule has 0 bridgehead atoms. The topological polar surface area (TPSA) is 78.2 Å². The summed E-state index contributed by atoms with van der Waals surface area (Å²) in [5, 5.41) is 9.16. The predicted octanol–water partition coefficient (Wildman–Crippen LogP) is 4.12. The Morgan fingerprint density at radius 1 is 0.970 bits per heavy atom. The first kappa shape index (κ1) is 19.4. The number of hydrogen-bond acceptors (Lipinski definition) is 6. The highest BCUT2D eigenvalue weighted by atomic mass is 32.1. The average molecular weight is 452 g/mol. The van der Waals surface area contributed by atoms with Gasteiger partial charge in [-0.15, -0.1) is 5.10 Å². The maximum absolute atomic E-state index is 13.1. The van der Waals surface area contributed by atoms with E-state index in [1.54, 1.807) is 18.4 Å². The van der Waals surface area contributed by atoms with Crippen LogP contribution < -0.4 is 10.1 Å². The second-order valence-electron chi connectivity index (χ2n) is 7.60. The summed E-state index contributed by atoms with van der Waals surface area (Å²) < 4.78 is 9.04. The third kappa shape index (κ3) is 3.46. The van der Waals surface area contributed by atoms with E-state index < -0.39 is 0 Å². The lowest BCUT2D eigenvalue weighted by molar-refractivity contribution is 0.577. The second-order valence-corrected chi connectivity index (χ2v) is 8.61. The van der Waals surface area contributed by atoms with Crippen LogP contribution in [0.25, 0.3) is 39.6 Å². The van der Waals surface area contributed by atoms with Crippen LogP contribution in [0, 0.1) is 6.92 Å². The fraction of sp³-hybridized carbons (Fsp3) is 0.0400. The van der Waals surface area contributed by atoms with Gasteiger partial charge in [0.05, 0.1) is 22.2 Å². The van der Waals surface area contributed by atoms with Crippen molar-refractivity contribution in [1.82, 2.24) is 24.4 Å². The van der Waals surface area contributed by atoms with E-state index in [9.17, 15) is 4.79 Å². The largest absolute Gasteiger partial charge is 0.461 e. The number of rotatable bonds is 4. The number of aromatic nitrogens is 5. The Labute approximate surface area is 191 Å². The predicted molar refractivity (Wildman–Crippen MR) is 127 cm³/mol. The number of nitrogens with zero attached hydrogens (tertiary/aromatic N) is 5. The van der Waals surface area contributed by atoms with Crippen molar-refractivity contribution in [2.75, 3.05) is 0 Å². The molecule has 0 unspecified atom stereocenters. The molecule has 0 aliphatic heterocycles. The molecular weight excluding hydrogens is 434 g/mol. The van der Waals surface area contributed by atoms with Crippen molar-refractivity contribution in [3.63, 3.8) is 0 Å². The number of thiazole rings is 1. The van der Waals surface area contributed by atoms with Crippen LogP contribution in [0.1, 0.15) is 11.1 Å². The Bertz CT molecular complexity index is 1680. The van der Waals surface area contributed by atoms with Crippen LogP contribution in [0.15, 0.2) is 88.4 Å². The molecule has 0 amide bonds. The molecule has 6 rings (SSSR count). The number of hydrogen-bond donors (Lipinski definition) is 0. The molecule has 4 heterocycles. The molecule has 0 N–H and O–H groups in total. The number of furan rings is 1. The third-order valence-corrected chi connectivity index (χ3v) is 6.26. The minimum atomic E-state index is -0.220. The molecule has 0 radical (unpaired) electrons. The molecule has 0 saturated heterocycles. The van der Waals surface area contributed by atoms with Crippen LogP contribution in [0.3, 0.4) is 0 Å². The Kier molecular flexibility index (Phi) is 4.51. The highest BCUT2D eigenvalue weighted by Gasteiger charge is 2.15. The second kappa shape index (κ2) is 7.68. The Hall–Kier alpha value is -4.30. The van der Waals surface area contributed by atoms with Crippen LogP contribution >= 0.6 is 11.3 Å². The first-order chi connectivity index (χ1) is 16.2. The van der Waals surface area contributed by atoms with Gasteiger partial charge in [0.2, 0.25) is 10.8 Å². The average Bonchev–Trinajstić information content (AvgIpc) is 3.62. The number of benzene rings is 2. The fourth-order valence-electron chi connectivity index (χ4n) is 3.63. The van der Waals surface area contributed by atoms with Gasteiger partial charge in [0.25, 0.3) is 5.56 Å². The standard InChI is InChI=1S/C25H17N5O2S/c1-16-9-11-17(12-10-16)22-18(15-29(27-22)19-6-3-2-4-7-19)14-21-24(31)30-25(33-21)26-23(28-30)20-8-5-13-32-20/h2-15H,1H3/b21-14-. The molecule has 2 aromatic carbocycles. The lowest BCUT2D eigenvalue weighted by atomic mass is 10.1. The third-order valence-electron chi connectivity index (χ3n) is 5.30. The summed E-state index contributed by atoms with van der Waals surface area (Å²) in [4.78, 5) is 18.0. The van der Waals surface area contributed by atoms with Gasteiger partial charge < -0.3 is 4.42 Å². The van der Waals surface area contributed by atoms with Gasteiger partial charge in [-0.2, -0.15) is 14.6 Å². The van der Waals surface area contributed by atoms with E-state index in [1.165, 1.54) is 21.4 Å². The van der Waals surface area contributed by atoms with Crippen molar-refractivity contribution in [1.29, 1.82) is 0 Å². The summed E-state index contributed by atoms with van der Waals surface area (Å²) in [5.41, 5.74) is 4.52. The lowest BCUT2D eigenvalue weighted by Crippen LogP contribution is -2.23. The van der Waals surface area contributed by atoms with Crippen LogP contribution in [-0.4, -0.2) is 24.4 Å². The first-order valence-electron chi connectivity index (χ1n) is 10.3. The van der Waals surface area contributed by atoms with Crippen molar-refractivity contribution >= 4 is 22.4 Å². The minimum Gasteiger partial charge on any atom is -0.461 e. The van der Waals surface area contributed by atoms with Gasteiger partial charge in [0, 0.05) is 17.3 Å². The van der Waals surface area contributed by atoms with Crippen LogP contribution in [-0.2, 0) is 0 Å². The molecule has 7 nitrogen and oxygen atoms in total. The zero-order valence-electron chi connectivity index (χ0n) is 17.5. The highest BCUT2D eigenvalue weighted by Crippen LogP contribution is 2.25. The van der Waals surface area contributed by atoms with Gasteiger partial charge >= 0.3 is 0 Å². The highest BCUT2D eigenvalue weighted by molar-refractivity contribution is 7.15. The van der Waals surface area contributed by atoms with E-state index in [0.717, 1.165) is 22.5 Å². The summed E-state index contributed by atoms with van der Waals surface area (Å²) >= 11 is 1.29. The van der Waals surface area contributed by atoms with Crippen molar-refractivity contribution < 1.29 is 4.42 Å². The van der Waals surface area contributed by atoms with Crippen molar-refractivity contribution in [3.8, 4) is 28.5 Å². The smallest absolute Gasteiger partial charge is 0.291 e. The van der Waals surface area contributed by atoms with Gasteiger partial charge in [0.1, 0.15) is 0 Å². The monoisotopic (exact) mass is 451 g/mol. The molecule has 0 aliphatic rings. The molecule has 4 aromatic heterocycles. The van der Waals surface area contributed by atoms with E-state index in [2.05, 4.69) is 29.1 Å². The summed E-state index contributed by atoms with van der Waals surface area (Å²) in [6.45, 7) is 2.05. The van der Waals surface area contributed by atoms with Crippen molar-refractivity contribution in [3.05, 3.63) is 105 Å². The summed E-state index contributed by atoms with van der Waals surface area (Å²) in [7, 11) is 0. The van der Waals surface area contributed by atoms with E-state index in [-0.39, 0.29) is 5.56 Å². The van der Waals surface area contributed by atoms with E-state index in [1.807, 2.05) is 59.4 Å². The van der Waals surface area contributed by atoms with E-state index in [4.69, 9.17) is 9.52 Å². The fourth-order valence-corrected chi connectivity index (χ4v) is 4.53. The van der Waals surface area contributed by atoms with Gasteiger partial charge in [-0.25, -0.2) is 4.68 Å². The Balaban J connectivity index is 1.51. The Morgan fingerprint density at radius 2 is 1.79 bits per heavy atom. The molecule has 6 aromatic rings. The molecule has 0 aliphatic carbocycles. The summed E-state index contributed by atoms with van der Waals surface area (Å²) in [6, 6.07) is 21.6. The van der Waals surface area contributed by atoms with Gasteiger partial charge in [-0.1, -0.05) is 59.4 Å². The maximum Gasteiger partial charge on any atom is 0.291 e. The lowest BCUT2D eigenvalue weighted by Gasteiger charge is -2.01. The summed E-state index contributed by atoms with van der Waals surface area (Å²) in [6.07, 6.45) is 5.35. The van der Waals surface area contributed by atoms with Crippen molar-refractivity contribution in [2.24, 2.45) is 0 Å². The molecule has 0 atom stereocenters. The van der Waals surface area contributed by atoms with E-state index >= 15 is 0 Å². The molecule has 0 fully saturated rings. The van der Waals surface area contributed by atoms with E-state index in [0.29, 0.717) is 21.1 Å². The number of para-hydroxylation sites is 1. The minimum absolute atomic E-state index is 0.220. The number of aryl methyl sites for hydroxylation is 1. The SMILES string of the molecule is Cc1ccc(-c2nn(-c3ccccc3)cc2/C=c2\sc3nc(-c4ccco4)nn3c2=O)cc1. The quantitative estimate of drug-likeness (QED) is 0.403. The molecule has 0 spiro atoms. The van der Waals surface area contributed by atoms with Crippen LogP contribution in [0.4, 0.5) is 0 Å². The zero-order valence-corrected chi connectivity index (χ0v) is 18.4. The zero-order chi connectivity index (χ0) is 22.4. The first-order valence-corrected chi connectivity index (χ1v) is 11.1. The molecule has 160 valence electrons. The Morgan fingerprint density at radius 3 is 2.52 bits per heavy atom. The summed E-state index contributed by atoms with van der Waals surface area (Å²) in [5.74, 6) is 0.925.